The van der Waals surface area contributed by atoms with E-state index in [0.29, 0.717) is 29.2 Å². The predicted molar refractivity (Wildman–Crippen MR) is 150 cm³/mol. The first-order valence-corrected chi connectivity index (χ1v) is 14.3. The van der Waals surface area contributed by atoms with Gasteiger partial charge in [0.15, 0.2) is 0 Å². The van der Waals surface area contributed by atoms with Gasteiger partial charge in [0.1, 0.15) is 0 Å². The molecule has 3 aromatic rings. The number of rotatable bonds is 6. The van der Waals surface area contributed by atoms with Crippen LogP contribution in [0.4, 0.5) is 5.69 Å². The lowest BCUT2D eigenvalue weighted by atomic mass is 9.99. The topological polar surface area (TPSA) is 85.3 Å². The minimum Gasteiger partial charge on any atom is -0.373 e. The number of carbonyl (C=O) groups excluding carboxylic acids is 1. The molecule has 7 nitrogen and oxygen atoms in total. The fourth-order valence-electron chi connectivity index (χ4n) is 5.12. The van der Waals surface area contributed by atoms with Crippen LogP contribution in [0.25, 0.3) is 0 Å². The largest absolute Gasteiger partial charge is 0.373 e. The minimum atomic E-state index is -3.12. The summed E-state index contributed by atoms with van der Waals surface area (Å²) in [5, 5.41) is 2.91. The summed E-state index contributed by atoms with van der Waals surface area (Å²) in [5.74, 6) is -0.200. The molecule has 2 heterocycles. The van der Waals surface area contributed by atoms with Gasteiger partial charge in [-0.3, -0.25) is 18.8 Å². The molecule has 0 bridgehead atoms. The van der Waals surface area contributed by atoms with Crippen molar-refractivity contribution in [3.63, 3.8) is 0 Å². The summed E-state index contributed by atoms with van der Waals surface area (Å²) in [6.07, 6.45) is 0.919. The Morgan fingerprint density at radius 2 is 1.62 bits per heavy atom. The monoisotopic (exact) mass is 523 g/mol. The van der Waals surface area contributed by atoms with Crippen LogP contribution in [0.15, 0.2) is 77.7 Å². The first-order chi connectivity index (χ1) is 17.8. The van der Waals surface area contributed by atoms with E-state index in [1.165, 1.54) is 16.7 Å². The van der Waals surface area contributed by atoms with Crippen LogP contribution in [-0.2, 0) is 24.2 Å². The first kappa shape index (κ1) is 25.9. The van der Waals surface area contributed by atoms with Crippen LogP contribution in [0.5, 0.6) is 0 Å². The van der Waals surface area contributed by atoms with E-state index in [1.807, 2.05) is 38.1 Å². The van der Waals surface area contributed by atoms with Gasteiger partial charge in [0, 0.05) is 45.4 Å². The Bertz CT molecular complexity index is 1230. The van der Waals surface area contributed by atoms with Crippen molar-refractivity contribution in [2.75, 3.05) is 25.0 Å². The van der Waals surface area contributed by atoms with Crippen molar-refractivity contribution in [2.45, 2.75) is 50.5 Å². The fourth-order valence-corrected chi connectivity index (χ4v) is 6.76. The summed E-state index contributed by atoms with van der Waals surface area (Å²) in [7, 11) is -3.12. The highest BCUT2D eigenvalue weighted by Gasteiger charge is 2.32. The zero-order valence-corrected chi connectivity index (χ0v) is 22.2. The van der Waals surface area contributed by atoms with Gasteiger partial charge in [-0.15, -0.1) is 10.8 Å². The normalized spacial score (nSPS) is 21.3. The van der Waals surface area contributed by atoms with Crippen molar-refractivity contribution >= 4 is 22.4 Å². The van der Waals surface area contributed by atoms with Crippen molar-refractivity contribution in [3.05, 3.63) is 95.1 Å². The van der Waals surface area contributed by atoms with Crippen LogP contribution < -0.4 is 5.32 Å². The summed E-state index contributed by atoms with van der Waals surface area (Å²) in [6.45, 7) is 7.58. The van der Waals surface area contributed by atoms with Gasteiger partial charge in [-0.2, -0.15) is 4.31 Å². The number of amides is 1. The van der Waals surface area contributed by atoms with Crippen molar-refractivity contribution in [1.82, 2.24) is 9.21 Å². The summed E-state index contributed by atoms with van der Waals surface area (Å²) >= 11 is 0. The van der Waals surface area contributed by atoms with E-state index in [1.54, 1.807) is 28.6 Å². The number of hydrogen-bond acceptors (Lipinski definition) is 6. The summed E-state index contributed by atoms with van der Waals surface area (Å²) in [4.78, 5) is 15.7. The van der Waals surface area contributed by atoms with E-state index in [9.17, 15) is 13.9 Å². The predicted octanol–water partition coefficient (Wildman–Crippen LogP) is 5.88. The number of nitrogens with one attached hydrogen (secondary N) is 1. The fraction of sp³-hybridized carbons (Fsp3) is 0.345. The Balaban J connectivity index is 0.00000336. The third kappa shape index (κ3) is 6.06. The number of benzene rings is 3. The second-order valence-corrected chi connectivity index (χ2v) is 12.1. The highest BCUT2D eigenvalue weighted by Crippen LogP contribution is 2.52. The Hall–Kier alpha value is -2.72. The lowest BCUT2D eigenvalue weighted by Gasteiger charge is -2.47. The molecule has 2 aliphatic rings. The molecule has 5 rings (SSSR count). The highest BCUT2D eigenvalue weighted by atomic mass is 32.3. The van der Waals surface area contributed by atoms with Gasteiger partial charge in [0.25, 0.3) is 5.91 Å². The maximum Gasteiger partial charge on any atom is 0.255 e. The summed E-state index contributed by atoms with van der Waals surface area (Å²) < 4.78 is 29.2. The standard InChI is InChI=1S/C29H35N3O4S.H2/c1-21-17-32(18-22(2)36-21)37(34,35)28-13-11-27(12-14-28)30-29(33)25-9-7-23(8-10-25)19-31-16-15-24-5-3-4-6-26(24)20-31;/h3-14,21-22,34-35H,15-20H2,1-2H3,(H,30,33);1H. The van der Waals surface area contributed by atoms with E-state index in [4.69, 9.17) is 4.74 Å². The number of hydrogen-bond donors (Lipinski definition) is 3. The van der Waals surface area contributed by atoms with Crippen molar-refractivity contribution < 1.29 is 20.1 Å². The Kier molecular flexibility index (Phi) is 7.67. The number of carbonyl (C=O) groups is 1. The second kappa shape index (κ2) is 10.9. The molecular weight excluding hydrogens is 486 g/mol. The van der Waals surface area contributed by atoms with Crippen LogP contribution in [-0.4, -0.2) is 56.1 Å². The third-order valence-electron chi connectivity index (χ3n) is 7.01. The summed E-state index contributed by atoms with van der Waals surface area (Å²) in [6, 6.07) is 23.1. The number of morpholine rings is 1. The van der Waals surface area contributed by atoms with Gasteiger partial charge in [-0.05, 0) is 73.4 Å². The van der Waals surface area contributed by atoms with Gasteiger partial charge in [0.2, 0.25) is 0 Å². The van der Waals surface area contributed by atoms with E-state index < -0.39 is 10.8 Å². The average molecular weight is 524 g/mol. The molecule has 0 aromatic heterocycles. The van der Waals surface area contributed by atoms with Gasteiger partial charge in [0.05, 0.1) is 17.1 Å². The van der Waals surface area contributed by atoms with Crippen LogP contribution >= 0.6 is 10.8 Å². The lowest BCUT2D eigenvalue weighted by Crippen LogP contribution is -2.46. The zero-order chi connectivity index (χ0) is 26.0. The van der Waals surface area contributed by atoms with Gasteiger partial charge >= 0.3 is 0 Å². The lowest BCUT2D eigenvalue weighted by molar-refractivity contribution is -0.0464. The zero-order valence-electron chi connectivity index (χ0n) is 21.3. The van der Waals surface area contributed by atoms with Crippen LogP contribution in [0.1, 0.15) is 42.3 Å². The molecule has 2 aliphatic heterocycles. The molecule has 198 valence electrons. The van der Waals surface area contributed by atoms with E-state index in [-0.39, 0.29) is 19.5 Å². The molecule has 37 heavy (non-hydrogen) atoms. The van der Waals surface area contributed by atoms with E-state index >= 15 is 0 Å². The molecular formula is C29H37N3O4S. The maximum absolute atomic E-state index is 12.8. The maximum atomic E-state index is 12.8. The molecule has 0 radical (unpaired) electrons. The molecule has 0 saturated carbocycles. The molecule has 0 spiro atoms. The highest BCUT2D eigenvalue weighted by molar-refractivity contribution is 8.22. The van der Waals surface area contributed by atoms with Crippen LogP contribution in [0.3, 0.4) is 0 Å². The third-order valence-corrected chi connectivity index (χ3v) is 8.93. The Labute approximate surface area is 222 Å². The average Bonchev–Trinajstić information content (AvgIpc) is 2.89. The molecule has 1 saturated heterocycles. The van der Waals surface area contributed by atoms with Gasteiger partial charge < -0.3 is 10.1 Å². The van der Waals surface area contributed by atoms with Gasteiger partial charge in [-0.1, -0.05) is 36.4 Å². The van der Waals surface area contributed by atoms with Crippen molar-refractivity contribution in [3.8, 4) is 0 Å². The Morgan fingerprint density at radius 1 is 0.973 bits per heavy atom. The number of fused-ring (bicyclic) bond motifs is 1. The number of ether oxygens (including phenoxy) is 1. The van der Waals surface area contributed by atoms with Crippen molar-refractivity contribution in [1.29, 1.82) is 0 Å². The molecule has 1 amide bonds. The molecule has 3 N–H and O–H groups in total. The minimum absolute atomic E-state index is 0. The van der Waals surface area contributed by atoms with E-state index in [2.05, 4.69) is 34.5 Å². The van der Waals surface area contributed by atoms with Crippen molar-refractivity contribution in [2.24, 2.45) is 0 Å². The SMILES string of the molecule is CC1CN(S(O)(O)c2ccc(NC(=O)c3ccc(CN4CCc5ccccc5C4)cc3)cc2)CC(C)O1.[HH]. The van der Waals surface area contributed by atoms with E-state index in [0.717, 1.165) is 26.1 Å². The molecule has 2 atom stereocenters. The number of nitrogens with zero attached hydrogens (tertiary/aromatic N) is 2. The first-order valence-electron chi connectivity index (χ1n) is 12.8. The molecule has 0 aliphatic carbocycles. The molecule has 2 unspecified atom stereocenters. The second-order valence-electron chi connectivity index (χ2n) is 10.0. The molecule has 3 aromatic carbocycles. The van der Waals surface area contributed by atoms with Crippen LogP contribution in [0, 0.1) is 0 Å². The quantitative estimate of drug-likeness (QED) is 0.374. The molecule has 8 heteroatoms. The Morgan fingerprint density at radius 3 is 2.30 bits per heavy atom. The molecule has 1 fully saturated rings. The van der Waals surface area contributed by atoms with Gasteiger partial charge in [-0.25, -0.2) is 0 Å². The smallest absolute Gasteiger partial charge is 0.255 e. The van der Waals surface area contributed by atoms with Crippen LogP contribution in [0.2, 0.25) is 0 Å². The number of anilines is 1. The summed E-state index contributed by atoms with van der Waals surface area (Å²) in [5.41, 5.74) is 5.19.